The van der Waals surface area contributed by atoms with Crippen LogP contribution in [0.5, 0.6) is 0 Å². The summed E-state index contributed by atoms with van der Waals surface area (Å²) < 4.78 is 5.43. The Kier molecular flexibility index (Phi) is 4.63. The van der Waals surface area contributed by atoms with Gasteiger partial charge < -0.3 is 10.1 Å². The molecule has 3 rings (SSSR count). The van der Waals surface area contributed by atoms with Gasteiger partial charge in [0, 0.05) is 25.0 Å². The standard InChI is InChI=1S/C16H22N2OS/c1-12(13-7-9-19-10-8-13)17-16-18-15(11-20-16)14-5-3-2-4-6-14/h2-6,12-13,15H,7-11H2,1H3,(H,17,18). The molecule has 3 nitrogen and oxygen atoms in total. The molecule has 1 fully saturated rings. The number of benzene rings is 1. The monoisotopic (exact) mass is 290 g/mol. The number of amidine groups is 1. The molecule has 0 amide bonds. The van der Waals surface area contributed by atoms with Crippen LogP contribution < -0.4 is 5.32 Å². The molecule has 2 unspecified atom stereocenters. The van der Waals surface area contributed by atoms with Crippen LogP contribution in [0.25, 0.3) is 0 Å². The van der Waals surface area contributed by atoms with E-state index in [2.05, 4.69) is 42.6 Å². The molecule has 0 aromatic heterocycles. The lowest BCUT2D eigenvalue weighted by molar-refractivity contribution is 0.0583. The molecule has 0 radical (unpaired) electrons. The first kappa shape index (κ1) is 14.0. The Balaban J connectivity index is 1.58. The highest BCUT2D eigenvalue weighted by atomic mass is 32.2. The van der Waals surface area contributed by atoms with E-state index in [1.54, 1.807) is 0 Å². The van der Waals surface area contributed by atoms with Gasteiger partial charge in [0.25, 0.3) is 0 Å². The summed E-state index contributed by atoms with van der Waals surface area (Å²) in [6.07, 6.45) is 2.32. The molecule has 0 aliphatic carbocycles. The topological polar surface area (TPSA) is 33.6 Å². The van der Waals surface area contributed by atoms with Crippen LogP contribution in [0.3, 0.4) is 0 Å². The molecule has 1 aromatic carbocycles. The zero-order valence-corrected chi connectivity index (χ0v) is 12.7. The lowest BCUT2D eigenvalue weighted by Gasteiger charge is -2.28. The van der Waals surface area contributed by atoms with E-state index in [1.807, 2.05) is 11.8 Å². The fourth-order valence-electron chi connectivity index (χ4n) is 2.83. The summed E-state index contributed by atoms with van der Waals surface area (Å²) in [4.78, 5) is 4.83. The predicted octanol–water partition coefficient (Wildman–Crippen LogP) is 3.24. The van der Waals surface area contributed by atoms with E-state index in [1.165, 1.54) is 5.56 Å². The molecule has 2 aliphatic heterocycles. The predicted molar refractivity (Wildman–Crippen MR) is 85.2 cm³/mol. The maximum Gasteiger partial charge on any atom is 0.157 e. The van der Waals surface area contributed by atoms with Crippen molar-refractivity contribution in [2.45, 2.75) is 31.8 Å². The van der Waals surface area contributed by atoms with Gasteiger partial charge >= 0.3 is 0 Å². The Morgan fingerprint density at radius 2 is 2.00 bits per heavy atom. The van der Waals surface area contributed by atoms with Crippen molar-refractivity contribution in [2.24, 2.45) is 10.9 Å². The van der Waals surface area contributed by atoms with Crippen LogP contribution in [0.1, 0.15) is 31.4 Å². The summed E-state index contributed by atoms with van der Waals surface area (Å²) in [5, 5.41) is 4.71. The van der Waals surface area contributed by atoms with E-state index >= 15 is 0 Å². The fraction of sp³-hybridized carbons (Fsp3) is 0.562. The fourth-order valence-corrected chi connectivity index (χ4v) is 3.88. The Bertz CT molecular complexity index is 457. The van der Waals surface area contributed by atoms with E-state index in [9.17, 15) is 0 Å². The molecule has 1 saturated heterocycles. The van der Waals surface area contributed by atoms with Crippen LogP contribution in [-0.2, 0) is 4.74 Å². The molecule has 1 N–H and O–H groups in total. The van der Waals surface area contributed by atoms with Gasteiger partial charge in [-0.2, -0.15) is 0 Å². The van der Waals surface area contributed by atoms with Crippen molar-refractivity contribution in [2.75, 3.05) is 19.0 Å². The first-order chi connectivity index (χ1) is 9.83. The maximum absolute atomic E-state index is 5.43. The van der Waals surface area contributed by atoms with Crippen LogP contribution in [-0.4, -0.2) is 30.2 Å². The quantitative estimate of drug-likeness (QED) is 0.928. The van der Waals surface area contributed by atoms with E-state index in [0.717, 1.165) is 37.0 Å². The van der Waals surface area contributed by atoms with E-state index < -0.39 is 0 Å². The summed E-state index contributed by atoms with van der Waals surface area (Å²) >= 11 is 1.85. The van der Waals surface area contributed by atoms with Crippen LogP contribution in [0, 0.1) is 5.92 Å². The van der Waals surface area contributed by atoms with Crippen molar-refractivity contribution in [3.05, 3.63) is 35.9 Å². The number of rotatable bonds is 3. The second-order valence-electron chi connectivity index (χ2n) is 5.55. The summed E-state index contributed by atoms with van der Waals surface area (Å²) in [6, 6.07) is 11.4. The smallest absolute Gasteiger partial charge is 0.157 e. The van der Waals surface area contributed by atoms with Gasteiger partial charge in [0.15, 0.2) is 5.17 Å². The molecule has 0 saturated carbocycles. The van der Waals surface area contributed by atoms with Crippen molar-refractivity contribution < 1.29 is 4.74 Å². The Morgan fingerprint density at radius 3 is 2.75 bits per heavy atom. The van der Waals surface area contributed by atoms with E-state index in [-0.39, 0.29) is 0 Å². The molecule has 0 spiro atoms. The van der Waals surface area contributed by atoms with Crippen molar-refractivity contribution in [3.63, 3.8) is 0 Å². The van der Waals surface area contributed by atoms with Crippen molar-refractivity contribution in [1.82, 2.24) is 5.32 Å². The Morgan fingerprint density at radius 1 is 1.25 bits per heavy atom. The van der Waals surface area contributed by atoms with Gasteiger partial charge in [0.05, 0.1) is 6.04 Å². The maximum atomic E-state index is 5.43. The molecule has 108 valence electrons. The molecule has 2 heterocycles. The van der Waals surface area contributed by atoms with Gasteiger partial charge in [0.1, 0.15) is 0 Å². The molecule has 0 bridgehead atoms. The minimum Gasteiger partial charge on any atom is -0.381 e. The molecule has 1 aromatic rings. The largest absolute Gasteiger partial charge is 0.381 e. The number of nitrogens with zero attached hydrogens (tertiary/aromatic N) is 1. The average Bonchev–Trinajstić information content (AvgIpc) is 2.97. The van der Waals surface area contributed by atoms with Gasteiger partial charge in [0.2, 0.25) is 0 Å². The number of thioether (sulfide) groups is 1. The highest BCUT2D eigenvalue weighted by molar-refractivity contribution is 8.14. The highest BCUT2D eigenvalue weighted by Gasteiger charge is 2.25. The number of nitrogens with one attached hydrogen (secondary N) is 1. The third-order valence-electron chi connectivity index (χ3n) is 4.16. The molecule has 2 atom stereocenters. The normalized spacial score (nSPS) is 25.2. The van der Waals surface area contributed by atoms with Gasteiger partial charge in [-0.25, -0.2) is 0 Å². The summed E-state index contributed by atoms with van der Waals surface area (Å²) in [5.41, 5.74) is 1.32. The van der Waals surface area contributed by atoms with E-state index in [0.29, 0.717) is 18.0 Å². The minimum absolute atomic E-state index is 0.311. The zero-order valence-electron chi connectivity index (χ0n) is 11.9. The van der Waals surface area contributed by atoms with Crippen LogP contribution >= 0.6 is 11.8 Å². The van der Waals surface area contributed by atoms with Gasteiger partial charge in [-0.15, -0.1) is 0 Å². The minimum atomic E-state index is 0.311. The van der Waals surface area contributed by atoms with Gasteiger partial charge in [-0.05, 0) is 31.2 Å². The van der Waals surface area contributed by atoms with Crippen molar-refractivity contribution in [1.29, 1.82) is 0 Å². The van der Waals surface area contributed by atoms with Crippen LogP contribution in [0.4, 0.5) is 0 Å². The lowest BCUT2D eigenvalue weighted by atomic mass is 9.93. The van der Waals surface area contributed by atoms with Gasteiger partial charge in [-0.3, -0.25) is 4.99 Å². The average molecular weight is 290 g/mol. The Labute approximate surface area is 125 Å². The number of hydrogen-bond acceptors (Lipinski definition) is 4. The molecule has 2 aliphatic rings. The first-order valence-electron chi connectivity index (χ1n) is 7.43. The molecular formula is C16H22N2OS. The Hall–Kier alpha value is -1.00. The van der Waals surface area contributed by atoms with Crippen molar-refractivity contribution >= 4 is 16.9 Å². The number of aliphatic imine (C=N–C) groups is 1. The number of hydrogen-bond donors (Lipinski definition) is 1. The highest BCUT2D eigenvalue weighted by Crippen LogP contribution is 2.30. The van der Waals surface area contributed by atoms with E-state index in [4.69, 9.17) is 9.73 Å². The SMILES string of the molecule is CC(NC1=NC(c2ccccc2)CS1)C1CCOCC1. The third-order valence-corrected chi connectivity index (χ3v) is 5.14. The second kappa shape index (κ2) is 6.64. The number of ether oxygens (including phenoxy) is 1. The zero-order chi connectivity index (χ0) is 13.8. The first-order valence-corrected chi connectivity index (χ1v) is 8.41. The second-order valence-corrected chi connectivity index (χ2v) is 6.56. The molecular weight excluding hydrogens is 268 g/mol. The summed E-state index contributed by atoms with van der Waals surface area (Å²) in [7, 11) is 0. The van der Waals surface area contributed by atoms with Crippen LogP contribution in [0.15, 0.2) is 35.3 Å². The summed E-state index contributed by atoms with van der Waals surface area (Å²) in [6.45, 7) is 4.08. The van der Waals surface area contributed by atoms with Crippen LogP contribution in [0.2, 0.25) is 0 Å². The third kappa shape index (κ3) is 3.36. The molecule has 20 heavy (non-hydrogen) atoms. The lowest BCUT2D eigenvalue weighted by Crippen LogP contribution is -2.38. The van der Waals surface area contributed by atoms with Crippen molar-refractivity contribution in [3.8, 4) is 0 Å². The molecule has 4 heteroatoms. The summed E-state index contributed by atoms with van der Waals surface area (Å²) in [5.74, 6) is 1.76. The van der Waals surface area contributed by atoms with Gasteiger partial charge in [-0.1, -0.05) is 42.1 Å².